The van der Waals surface area contributed by atoms with E-state index in [4.69, 9.17) is 0 Å². The summed E-state index contributed by atoms with van der Waals surface area (Å²) >= 11 is 0. The molecule has 3 aromatic rings. The molecule has 0 fully saturated rings. The molecular weight excluding hydrogens is 352 g/mol. The summed E-state index contributed by atoms with van der Waals surface area (Å²) < 4.78 is 29.0. The van der Waals surface area contributed by atoms with Gasteiger partial charge in [0.25, 0.3) is 5.91 Å². The molecular formula is C18H18N4O3S. The zero-order valence-electron chi connectivity index (χ0n) is 14.3. The van der Waals surface area contributed by atoms with Crippen molar-refractivity contribution in [2.75, 3.05) is 23.1 Å². The molecule has 134 valence electrons. The van der Waals surface area contributed by atoms with Gasteiger partial charge in [-0.25, -0.2) is 0 Å². The number of carbonyl (C=O) groups is 1. The van der Waals surface area contributed by atoms with E-state index in [9.17, 15) is 13.2 Å². The van der Waals surface area contributed by atoms with Gasteiger partial charge in [0.05, 0.1) is 11.4 Å². The van der Waals surface area contributed by atoms with Gasteiger partial charge in [-0.3, -0.25) is 18.8 Å². The topological polar surface area (TPSA) is 91.4 Å². The molecule has 0 spiro atoms. The fourth-order valence-corrected chi connectivity index (χ4v) is 3.44. The Morgan fingerprint density at radius 3 is 2.65 bits per heavy atom. The van der Waals surface area contributed by atoms with Gasteiger partial charge in [0.1, 0.15) is 0 Å². The average molecular weight is 370 g/mol. The summed E-state index contributed by atoms with van der Waals surface area (Å²) in [4.78, 5) is 15.8. The highest BCUT2D eigenvalue weighted by molar-refractivity contribution is 7.94. The zero-order chi connectivity index (χ0) is 18.7. The molecule has 8 heteroatoms. The molecule has 1 amide bonds. The van der Waals surface area contributed by atoms with Crippen LogP contribution in [-0.4, -0.2) is 33.4 Å². The lowest BCUT2D eigenvalue weighted by molar-refractivity contribution is 0.0963. The second kappa shape index (κ2) is 7.01. The van der Waals surface area contributed by atoms with Crippen LogP contribution < -0.4 is 14.3 Å². The number of nitrogens with zero attached hydrogens (tertiary/aromatic N) is 2. The van der Waals surface area contributed by atoms with E-state index in [1.807, 2.05) is 6.07 Å². The Labute approximate surface area is 151 Å². The van der Waals surface area contributed by atoms with Crippen LogP contribution in [0.1, 0.15) is 10.4 Å². The highest BCUT2D eigenvalue weighted by Gasteiger charge is 2.19. The molecule has 0 bridgehead atoms. The Balaban J connectivity index is 1.88. The predicted octanol–water partition coefficient (Wildman–Crippen LogP) is 2.39. The maximum absolute atomic E-state index is 12.7. The Bertz CT molecular complexity index is 1070. The Hall–Kier alpha value is -3.13. The quantitative estimate of drug-likeness (QED) is 0.721. The number of fused-ring (bicyclic) bond motifs is 1. The maximum atomic E-state index is 12.7. The third-order valence-corrected chi connectivity index (χ3v) is 5.37. The van der Waals surface area contributed by atoms with Crippen molar-refractivity contribution in [2.45, 2.75) is 0 Å². The fourth-order valence-electron chi connectivity index (χ4n) is 2.49. The smallest absolute Gasteiger partial charge is 0.323 e. The second-order valence-electron chi connectivity index (χ2n) is 5.64. The number of hydrogen-bond acceptors (Lipinski definition) is 4. The van der Waals surface area contributed by atoms with Crippen LogP contribution in [0.15, 0.2) is 60.9 Å². The summed E-state index contributed by atoms with van der Waals surface area (Å²) in [5.41, 5.74) is 1.20. The Morgan fingerprint density at radius 2 is 1.88 bits per heavy atom. The first kappa shape index (κ1) is 17.7. The van der Waals surface area contributed by atoms with Crippen LogP contribution in [0.5, 0.6) is 0 Å². The molecule has 26 heavy (non-hydrogen) atoms. The van der Waals surface area contributed by atoms with Gasteiger partial charge in [-0.1, -0.05) is 12.1 Å². The van der Waals surface area contributed by atoms with Gasteiger partial charge in [0.2, 0.25) is 0 Å². The molecule has 1 aromatic heterocycles. The van der Waals surface area contributed by atoms with Crippen molar-refractivity contribution in [1.82, 2.24) is 10.3 Å². The number of anilines is 2. The lowest BCUT2D eigenvalue weighted by atomic mass is 10.2. The van der Waals surface area contributed by atoms with Crippen molar-refractivity contribution in [1.29, 1.82) is 0 Å². The lowest BCUT2D eigenvalue weighted by Gasteiger charge is -2.21. The van der Waals surface area contributed by atoms with E-state index in [0.717, 1.165) is 15.1 Å². The fraction of sp³-hybridized carbons (Fsp3) is 0.111. The minimum absolute atomic E-state index is 0.284. The molecule has 0 aliphatic heterocycles. The first-order chi connectivity index (χ1) is 12.4. The summed E-state index contributed by atoms with van der Waals surface area (Å²) in [6.45, 7) is 0. The lowest BCUT2D eigenvalue weighted by Crippen LogP contribution is -2.32. The molecule has 0 saturated carbocycles. The van der Waals surface area contributed by atoms with Crippen molar-refractivity contribution < 1.29 is 13.2 Å². The van der Waals surface area contributed by atoms with E-state index in [1.54, 1.807) is 48.8 Å². The average Bonchev–Trinajstić information content (AvgIpc) is 2.66. The van der Waals surface area contributed by atoms with Crippen LogP contribution in [-0.2, 0) is 10.2 Å². The van der Waals surface area contributed by atoms with Gasteiger partial charge in [-0.05, 0) is 41.8 Å². The molecule has 0 aliphatic carbocycles. The van der Waals surface area contributed by atoms with E-state index < -0.39 is 10.2 Å². The summed E-state index contributed by atoms with van der Waals surface area (Å²) in [5.74, 6) is -0.284. The van der Waals surface area contributed by atoms with E-state index in [-0.39, 0.29) is 5.91 Å². The highest BCUT2D eigenvalue weighted by atomic mass is 32.2. The number of hydrogen-bond donors (Lipinski definition) is 2. The number of aromatic nitrogens is 1. The predicted molar refractivity (Wildman–Crippen MR) is 103 cm³/mol. The van der Waals surface area contributed by atoms with E-state index >= 15 is 0 Å². The number of nitrogens with one attached hydrogen (secondary N) is 2. The van der Waals surface area contributed by atoms with Gasteiger partial charge in [0.15, 0.2) is 0 Å². The van der Waals surface area contributed by atoms with Crippen LogP contribution in [0.2, 0.25) is 0 Å². The van der Waals surface area contributed by atoms with Gasteiger partial charge >= 0.3 is 10.2 Å². The summed E-state index contributed by atoms with van der Waals surface area (Å²) in [6.07, 6.45) is 3.36. The third-order valence-electron chi connectivity index (χ3n) is 3.95. The molecule has 3 rings (SSSR count). The largest absolute Gasteiger partial charge is 0.355 e. The maximum Gasteiger partial charge on any atom is 0.323 e. The molecule has 2 N–H and O–H groups in total. The number of rotatable bonds is 5. The molecule has 0 saturated heterocycles. The third kappa shape index (κ3) is 3.60. The van der Waals surface area contributed by atoms with E-state index in [0.29, 0.717) is 16.9 Å². The first-order valence-corrected chi connectivity index (χ1v) is 9.27. The van der Waals surface area contributed by atoms with Gasteiger partial charge in [-0.2, -0.15) is 8.42 Å². The molecule has 2 aromatic carbocycles. The SMILES string of the molecule is CNC(=O)c1cccc(N(C)S(=O)(=O)Nc2ccc3cnccc3c2)c1. The van der Waals surface area contributed by atoms with Crippen molar-refractivity contribution in [3.05, 3.63) is 66.5 Å². The molecule has 0 radical (unpaired) electrons. The van der Waals surface area contributed by atoms with Crippen LogP contribution in [0.25, 0.3) is 10.8 Å². The number of benzene rings is 2. The monoisotopic (exact) mass is 370 g/mol. The summed E-state index contributed by atoms with van der Waals surface area (Å²) in [7, 11) is -0.901. The second-order valence-corrected chi connectivity index (χ2v) is 7.34. The van der Waals surface area contributed by atoms with Crippen LogP contribution >= 0.6 is 0 Å². The molecule has 1 heterocycles. The van der Waals surface area contributed by atoms with Crippen molar-refractivity contribution in [3.63, 3.8) is 0 Å². The minimum atomic E-state index is -3.85. The molecule has 7 nitrogen and oxygen atoms in total. The normalized spacial score (nSPS) is 11.2. The number of carbonyl (C=O) groups excluding carboxylic acids is 1. The Kier molecular flexibility index (Phi) is 4.77. The standard InChI is InChI=1S/C18H18N4O3S/c1-19-18(23)14-4-3-5-17(11-14)22(2)26(24,25)21-16-7-6-15-12-20-9-8-13(15)10-16/h3-12,21H,1-2H3,(H,19,23). The van der Waals surface area contributed by atoms with E-state index in [2.05, 4.69) is 15.0 Å². The molecule has 0 aliphatic rings. The number of pyridine rings is 1. The van der Waals surface area contributed by atoms with Gasteiger partial charge < -0.3 is 5.32 Å². The molecule has 0 atom stereocenters. The minimum Gasteiger partial charge on any atom is -0.355 e. The van der Waals surface area contributed by atoms with Gasteiger partial charge in [-0.15, -0.1) is 0 Å². The summed E-state index contributed by atoms with van der Waals surface area (Å²) in [6, 6.07) is 13.4. The van der Waals surface area contributed by atoms with Crippen molar-refractivity contribution in [3.8, 4) is 0 Å². The number of amides is 1. The van der Waals surface area contributed by atoms with E-state index in [1.165, 1.54) is 20.2 Å². The zero-order valence-corrected chi connectivity index (χ0v) is 15.1. The van der Waals surface area contributed by atoms with Crippen molar-refractivity contribution >= 4 is 38.3 Å². The van der Waals surface area contributed by atoms with Gasteiger partial charge in [0, 0.05) is 37.4 Å². The van der Waals surface area contributed by atoms with Crippen LogP contribution in [0.3, 0.4) is 0 Å². The van der Waals surface area contributed by atoms with Crippen LogP contribution in [0.4, 0.5) is 11.4 Å². The first-order valence-electron chi connectivity index (χ1n) is 7.83. The Morgan fingerprint density at radius 1 is 1.08 bits per heavy atom. The van der Waals surface area contributed by atoms with Crippen LogP contribution in [0, 0.1) is 0 Å². The highest BCUT2D eigenvalue weighted by Crippen LogP contribution is 2.22. The molecule has 0 unspecified atom stereocenters. The summed E-state index contributed by atoms with van der Waals surface area (Å²) in [5, 5.41) is 4.31. The van der Waals surface area contributed by atoms with Crippen molar-refractivity contribution in [2.24, 2.45) is 0 Å².